The minimum absolute atomic E-state index is 0.161. The molecule has 0 bridgehead atoms. The van der Waals surface area contributed by atoms with Gasteiger partial charge in [0, 0.05) is 31.3 Å². The Labute approximate surface area is 167 Å². The number of anilines is 1. The summed E-state index contributed by atoms with van der Waals surface area (Å²) in [5, 5.41) is 10.9. The molecule has 3 aliphatic rings. The highest BCUT2D eigenvalue weighted by Gasteiger charge is 2.37. The van der Waals surface area contributed by atoms with Crippen molar-refractivity contribution in [3.05, 3.63) is 33.5 Å². The lowest BCUT2D eigenvalue weighted by Gasteiger charge is -2.39. The summed E-state index contributed by atoms with van der Waals surface area (Å²) < 4.78 is 24.1. The van der Waals surface area contributed by atoms with Gasteiger partial charge in [0.15, 0.2) is 6.23 Å². The number of halogens is 2. The van der Waals surface area contributed by atoms with E-state index in [0.717, 1.165) is 25.7 Å². The summed E-state index contributed by atoms with van der Waals surface area (Å²) in [5.41, 5.74) is 0.680. The van der Waals surface area contributed by atoms with Gasteiger partial charge in [0.2, 0.25) is 0 Å². The fourth-order valence-corrected chi connectivity index (χ4v) is 4.61. The molecule has 2 atom stereocenters. The first kappa shape index (κ1) is 18.1. The summed E-state index contributed by atoms with van der Waals surface area (Å²) in [5.74, 6) is 0.369. The topological polar surface area (TPSA) is 59.6 Å². The van der Waals surface area contributed by atoms with Crippen LogP contribution in [0.25, 0.3) is 11.1 Å². The lowest BCUT2D eigenvalue weighted by molar-refractivity contribution is 0.0318. The van der Waals surface area contributed by atoms with E-state index >= 15 is 4.39 Å². The lowest BCUT2D eigenvalue weighted by atomic mass is 10.0. The van der Waals surface area contributed by atoms with E-state index in [1.165, 1.54) is 6.07 Å². The number of hydrogen-bond acceptors (Lipinski definition) is 4. The molecule has 1 fully saturated rings. The van der Waals surface area contributed by atoms with Crippen molar-refractivity contribution in [2.75, 3.05) is 11.4 Å². The van der Waals surface area contributed by atoms with E-state index in [4.69, 9.17) is 16.3 Å². The molecule has 0 spiro atoms. The van der Waals surface area contributed by atoms with Crippen LogP contribution in [0.4, 0.5) is 10.1 Å². The summed E-state index contributed by atoms with van der Waals surface area (Å²) in [6.07, 6.45) is 2.81. The molecule has 5 rings (SSSR count). The van der Waals surface area contributed by atoms with E-state index in [-0.39, 0.29) is 21.8 Å². The van der Waals surface area contributed by atoms with Crippen LogP contribution in [0.15, 0.2) is 16.9 Å². The van der Waals surface area contributed by atoms with Crippen LogP contribution in [0.5, 0.6) is 5.75 Å². The zero-order valence-electron chi connectivity index (χ0n) is 15.7. The number of ether oxygens (including phenoxy) is 1. The van der Waals surface area contributed by atoms with Gasteiger partial charge < -0.3 is 14.7 Å². The molecule has 0 saturated heterocycles. The predicted molar refractivity (Wildman–Crippen MR) is 104 cm³/mol. The number of aliphatic hydroxyl groups is 1. The number of aromatic nitrogens is 2. The molecular weight excluding hydrogens is 385 g/mol. The van der Waals surface area contributed by atoms with Crippen LogP contribution in [0, 0.1) is 11.7 Å². The molecule has 1 unspecified atom stereocenters. The van der Waals surface area contributed by atoms with Crippen molar-refractivity contribution in [1.82, 2.24) is 9.36 Å². The van der Waals surface area contributed by atoms with Crippen LogP contribution in [-0.4, -0.2) is 33.3 Å². The van der Waals surface area contributed by atoms with Crippen LogP contribution in [-0.2, 0) is 13.1 Å². The van der Waals surface area contributed by atoms with Gasteiger partial charge in [0.05, 0.1) is 11.3 Å². The quantitative estimate of drug-likeness (QED) is 0.848. The number of aliphatic hydroxyl groups excluding tert-OH is 1. The molecule has 150 valence electrons. The minimum Gasteiger partial charge on any atom is -0.484 e. The standard InChI is InChI=1S/C20H23ClFN3O3/c1-11-19(26)23(10-12-4-5-12)15-8-13(14(22)9-16(15)28-11)17-18(21)24-6-2-3-7-25(24)20(17)27/h8-9,11-12,19,26H,2-7,10H2,1H3/t11-,19?/m0/s1. The third-order valence-electron chi connectivity index (χ3n) is 5.99. The van der Waals surface area contributed by atoms with Gasteiger partial charge in [0.1, 0.15) is 22.8 Å². The van der Waals surface area contributed by atoms with Gasteiger partial charge in [0.25, 0.3) is 5.56 Å². The Hall–Kier alpha value is -1.99. The van der Waals surface area contributed by atoms with Crippen molar-refractivity contribution in [3.8, 4) is 16.9 Å². The summed E-state index contributed by atoms with van der Waals surface area (Å²) >= 11 is 6.50. The summed E-state index contributed by atoms with van der Waals surface area (Å²) in [6.45, 7) is 3.68. The summed E-state index contributed by atoms with van der Waals surface area (Å²) in [6, 6.07) is 2.92. The second kappa shape index (κ2) is 6.52. The van der Waals surface area contributed by atoms with Gasteiger partial charge in [-0.1, -0.05) is 11.6 Å². The van der Waals surface area contributed by atoms with Crippen molar-refractivity contribution in [2.45, 2.75) is 58.0 Å². The van der Waals surface area contributed by atoms with Crippen molar-refractivity contribution in [2.24, 2.45) is 5.92 Å². The van der Waals surface area contributed by atoms with Crippen LogP contribution in [0.3, 0.4) is 0 Å². The first-order valence-corrected chi connectivity index (χ1v) is 10.3. The fourth-order valence-electron chi connectivity index (χ4n) is 4.25. The minimum atomic E-state index is -0.815. The van der Waals surface area contributed by atoms with Crippen LogP contribution >= 0.6 is 11.6 Å². The average molecular weight is 408 g/mol. The van der Waals surface area contributed by atoms with Crippen molar-refractivity contribution >= 4 is 17.3 Å². The van der Waals surface area contributed by atoms with Crippen molar-refractivity contribution < 1.29 is 14.2 Å². The number of fused-ring (bicyclic) bond motifs is 2. The van der Waals surface area contributed by atoms with Crippen LogP contribution in [0.2, 0.25) is 5.15 Å². The van der Waals surface area contributed by atoms with Gasteiger partial charge in [-0.2, -0.15) is 0 Å². The maximum Gasteiger partial charge on any atom is 0.276 e. The molecule has 2 aliphatic heterocycles. The van der Waals surface area contributed by atoms with E-state index in [1.54, 1.807) is 22.4 Å². The normalized spacial score (nSPS) is 23.9. The third-order valence-corrected chi connectivity index (χ3v) is 6.38. The molecule has 1 aromatic heterocycles. The molecule has 0 amide bonds. The van der Waals surface area contributed by atoms with Gasteiger partial charge in [-0.3, -0.25) is 9.48 Å². The summed E-state index contributed by atoms with van der Waals surface area (Å²) in [7, 11) is 0. The third kappa shape index (κ3) is 2.75. The maximum absolute atomic E-state index is 15.0. The number of nitrogens with zero attached hydrogens (tertiary/aromatic N) is 3. The van der Waals surface area contributed by atoms with Crippen molar-refractivity contribution in [3.63, 3.8) is 0 Å². The Balaban J connectivity index is 1.66. The summed E-state index contributed by atoms with van der Waals surface area (Å²) in [4.78, 5) is 14.8. The predicted octanol–water partition coefficient (Wildman–Crippen LogP) is 3.22. The molecule has 3 heterocycles. The Morgan fingerprint density at radius 2 is 1.96 bits per heavy atom. The van der Waals surface area contributed by atoms with Gasteiger partial charge in [-0.25, -0.2) is 9.07 Å². The van der Waals surface area contributed by atoms with Gasteiger partial charge in [-0.05, 0) is 44.6 Å². The smallest absolute Gasteiger partial charge is 0.276 e. The molecular formula is C20H23ClFN3O3. The Morgan fingerprint density at radius 1 is 1.25 bits per heavy atom. The molecule has 6 nitrogen and oxygen atoms in total. The van der Waals surface area contributed by atoms with Crippen molar-refractivity contribution in [1.29, 1.82) is 0 Å². The number of rotatable bonds is 3. The Kier molecular flexibility index (Phi) is 4.21. The Bertz CT molecular complexity index is 998. The molecule has 8 heteroatoms. The number of benzene rings is 1. The maximum atomic E-state index is 15.0. The van der Waals surface area contributed by atoms with E-state index in [0.29, 0.717) is 37.0 Å². The molecule has 1 N–H and O–H groups in total. The molecule has 28 heavy (non-hydrogen) atoms. The number of hydrogen-bond donors (Lipinski definition) is 1. The van der Waals surface area contributed by atoms with E-state index < -0.39 is 18.1 Å². The molecule has 2 aromatic rings. The SMILES string of the molecule is C[C@@H]1Oc2cc(F)c(-c3c(Cl)n4n(c3=O)CCCC4)cc2N(CC2CC2)C1O. The molecule has 0 radical (unpaired) electrons. The highest BCUT2D eigenvalue weighted by molar-refractivity contribution is 6.32. The first-order chi connectivity index (χ1) is 13.5. The largest absolute Gasteiger partial charge is 0.484 e. The highest BCUT2D eigenvalue weighted by Crippen LogP contribution is 2.43. The van der Waals surface area contributed by atoms with E-state index in [1.807, 2.05) is 4.90 Å². The first-order valence-electron chi connectivity index (χ1n) is 9.90. The average Bonchev–Trinajstić information content (AvgIpc) is 3.46. The zero-order chi connectivity index (χ0) is 19.6. The molecule has 1 aliphatic carbocycles. The monoisotopic (exact) mass is 407 g/mol. The van der Waals surface area contributed by atoms with E-state index in [9.17, 15) is 9.90 Å². The zero-order valence-corrected chi connectivity index (χ0v) is 16.5. The highest BCUT2D eigenvalue weighted by atomic mass is 35.5. The van der Waals surface area contributed by atoms with E-state index in [2.05, 4.69) is 0 Å². The van der Waals surface area contributed by atoms with Gasteiger partial charge in [-0.15, -0.1) is 0 Å². The van der Waals surface area contributed by atoms with Gasteiger partial charge >= 0.3 is 0 Å². The molecule has 1 aromatic carbocycles. The van der Waals surface area contributed by atoms with Crippen LogP contribution in [0.1, 0.15) is 32.6 Å². The Morgan fingerprint density at radius 3 is 2.64 bits per heavy atom. The lowest BCUT2D eigenvalue weighted by Crippen LogP contribution is -2.49. The second-order valence-corrected chi connectivity index (χ2v) is 8.41. The fraction of sp³-hybridized carbons (Fsp3) is 0.550. The van der Waals surface area contributed by atoms with Crippen LogP contribution < -0.4 is 15.2 Å². The molecule has 1 saturated carbocycles. The second-order valence-electron chi connectivity index (χ2n) is 8.06.